The van der Waals surface area contributed by atoms with Crippen molar-refractivity contribution in [2.75, 3.05) is 39.5 Å². The molecule has 1 rings (SSSR count). The third-order valence-corrected chi connectivity index (χ3v) is 3.33. The number of aliphatic hydroxyl groups is 1. The lowest BCUT2D eigenvalue weighted by molar-refractivity contribution is -0.144. The summed E-state index contributed by atoms with van der Waals surface area (Å²) >= 11 is 0. The number of aliphatic hydroxyl groups excluding tert-OH is 1. The fourth-order valence-electron chi connectivity index (χ4n) is 2.12. The van der Waals surface area contributed by atoms with Crippen LogP contribution in [0.2, 0.25) is 0 Å². The van der Waals surface area contributed by atoms with E-state index in [1.807, 2.05) is 6.92 Å². The fourth-order valence-corrected chi connectivity index (χ4v) is 2.12. The minimum absolute atomic E-state index is 0.0249. The molecule has 7 nitrogen and oxygen atoms in total. The van der Waals surface area contributed by atoms with Gasteiger partial charge in [0.2, 0.25) is 0 Å². The lowest BCUT2D eigenvalue weighted by Gasteiger charge is -2.22. The quantitative estimate of drug-likeness (QED) is 0.575. The molecule has 1 aromatic carbocycles. The molecule has 1 aromatic rings. The van der Waals surface area contributed by atoms with Gasteiger partial charge in [-0.1, -0.05) is 0 Å². The minimum Gasteiger partial charge on any atom is -0.494 e. The lowest BCUT2D eigenvalue weighted by atomic mass is 10.3. The Hall–Kier alpha value is -2.28. The number of amides is 1. The Bertz CT molecular complexity index is 517. The highest BCUT2D eigenvalue weighted by molar-refractivity contribution is 5.78. The van der Waals surface area contributed by atoms with Crippen LogP contribution in [0.4, 0.5) is 0 Å². The number of benzene rings is 1. The summed E-state index contributed by atoms with van der Waals surface area (Å²) < 4.78 is 15.7. The molecule has 0 spiro atoms. The summed E-state index contributed by atoms with van der Waals surface area (Å²) in [5.41, 5.74) is 0. The number of ether oxygens (including phenoxy) is 3. The monoisotopic (exact) mass is 353 g/mol. The molecule has 1 amide bonds. The SMILES string of the molecule is CCOC(=O)CCN(CCCO)C(=O)COc1ccc(OCC)cc1. The van der Waals surface area contributed by atoms with Gasteiger partial charge in [0.05, 0.1) is 19.6 Å². The molecule has 0 aliphatic rings. The average Bonchev–Trinajstić information content (AvgIpc) is 2.61. The van der Waals surface area contributed by atoms with Crippen LogP contribution in [0.1, 0.15) is 26.7 Å². The predicted molar refractivity (Wildman–Crippen MR) is 92.6 cm³/mol. The number of hydrogen-bond acceptors (Lipinski definition) is 6. The molecule has 0 radical (unpaired) electrons. The van der Waals surface area contributed by atoms with Gasteiger partial charge in [-0.15, -0.1) is 0 Å². The van der Waals surface area contributed by atoms with Gasteiger partial charge in [-0.3, -0.25) is 9.59 Å². The molecule has 0 unspecified atom stereocenters. The number of hydrogen-bond donors (Lipinski definition) is 1. The molecule has 25 heavy (non-hydrogen) atoms. The summed E-state index contributed by atoms with van der Waals surface area (Å²) in [5, 5.41) is 8.96. The summed E-state index contributed by atoms with van der Waals surface area (Å²) in [6, 6.07) is 7.01. The topological polar surface area (TPSA) is 85.3 Å². The molecular weight excluding hydrogens is 326 g/mol. The van der Waals surface area contributed by atoms with Crippen LogP contribution in [0.25, 0.3) is 0 Å². The van der Waals surface area contributed by atoms with Crippen molar-refractivity contribution in [1.82, 2.24) is 4.90 Å². The highest BCUT2D eigenvalue weighted by atomic mass is 16.5. The van der Waals surface area contributed by atoms with Crippen LogP contribution in [-0.4, -0.2) is 61.4 Å². The number of rotatable bonds is 12. The zero-order valence-electron chi connectivity index (χ0n) is 14.9. The molecule has 0 saturated heterocycles. The highest BCUT2D eigenvalue weighted by Crippen LogP contribution is 2.17. The average molecular weight is 353 g/mol. The Labute approximate surface area is 148 Å². The molecule has 0 fully saturated rings. The van der Waals surface area contributed by atoms with Gasteiger partial charge >= 0.3 is 5.97 Å². The Morgan fingerprint density at radius 2 is 1.64 bits per heavy atom. The second kappa shape index (κ2) is 12.1. The standard InChI is InChI=1S/C18H27NO6/c1-3-23-15-6-8-16(9-7-15)25-14-17(21)19(11-5-13-20)12-10-18(22)24-4-2/h6-9,20H,3-5,10-14H2,1-2H3. The summed E-state index contributed by atoms with van der Waals surface area (Å²) in [4.78, 5) is 25.3. The van der Waals surface area contributed by atoms with Crippen molar-refractivity contribution in [3.8, 4) is 11.5 Å². The molecule has 0 atom stereocenters. The van der Waals surface area contributed by atoms with Crippen molar-refractivity contribution in [2.24, 2.45) is 0 Å². The first kappa shape index (κ1) is 20.8. The molecule has 0 saturated carbocycles. The van der Waals surface area contributed by atoms with Crippen molar-refractivity contribution in [1.29, 1.82) is 0 Å². The maximum Gasteiger partial charge on any atom is 0.307 e. The van der Waals surface area contributed by atoms with Crippen LogP contribution in [0.3, 0.4) is 0 Å². The third-order valence-electron chi connectivity index (χ3n) is 3.33. The molecule has 0 aromatic heterocycles. The van der Waals surface area contributed by atoms with Gasteiger partial charge in [-0.2, -0.15) is 0 Å². The lowest BCUT2D eigenvalue weighted by Crippen LogP contribution is -2.37. The molecular formula is C18H27NO6. The van der Waals surface area contributed by atoms with Gasteiger partial charge < -0.3 is 24.2 Å². The molecule has 0 bridgehead atoms. The molecule has 140 valence electrons. The van der Waals surface area contributed by atoms with Crippen LogP contribution in [0.5, 0.6) is 11.5 Å². The maximum atomic E-state index is 12.3. The van der Waals surface area contributed by atoms with Gasteiger partial charge in [-0.05, 0) is 44.5 Å². The Morgan fingerprint density at radius 3 is 2.20 bits per heavy atom. The van der Waals surface area contributed by atoms with Crippen molar-refractivity contribution in [2.45, 2.75) is 26.7 Å². The smallest absolute Gasteiger partial charge is 0.307 e. The predicted octanol–water partition coefficient (Wildman–Crippen LogP) is 1.63. The van der Waals surface area contributed by atoms with Crippen molar-refractivity contribution in [3.05, 3.63) is 24.3 Å². The first-order chi connectivity index (χ1) is 12.1. The summed E-state index contributed by atoms with van der Waals surface area (Å²) in [7, 11) is 0. The summed E-state index contributed by atoms with van der Waals surface area (Å²) in [6.45, 7) is 4.97. The Kier molecular flexibility index (Phi) is 10.1. The van der Waals surface area contributed by atoms with Crippen LogP contribution < -0.4 is 9.47 Å². The first-order valence-corrected chi connectivity index (χ1v) is 8.50. The maximum absolute atomic E-state index is 12.3. The van der Waals surface area contributed by atoms with Crippen molar-refractivity contribution in [3.63, 3.8) is 0 Å². The number of carbonyl (C=O) groups is 2. The van der Waals surface area contributed by atoms with Crippen LogP contribution in [-0.2, 0) is 14.3 Å². The van der Waals surface area contributed by atoms with E-state index in [1.165, 1.54) is 4.90 Å². The zero-order chi connectivity index (χ0) is 18.5. The largest absolute Gasteiger partial charge is 0.494 e. The van der Waals surface area contributed by atoms with E-state index in [0.29, 0.717) is 31.9 Å². The second-order valence-corrected chi connectivity index (χ2v) is 5.21. The highest BCUT2D eigenvalue weighted by Gasteiger charge is 2.16. The first-order valence-electron chi connectivity index (χ1n) is 8.50. The molecule has 0 aliphatic heterocycles. The number of carbonyl (C=O) groups excluding carboxylic acids is 2. The van der Waals surface area contributed by atoms with Gasteiger partial charge in [0.25, 0.3) is 5.91 Å². The number of nitrogens with zero attached hydrogens (tertiary/aromatic N) is 1. The van der Waals surface area contributed by atoms with Crippen LogP contribution in [0.15, 0.2) is 24.3 Å². The van der Waals surface area contributed by atoms with Crippen LogP contribution >= 0.6 is 0 Å². The Balaban J connectivity index is 2.50. The van der Waals surface area contributed by atoms with E-state index in [1.54, 1.807) is 31.2 Å². The Morgan fingerprint density at radius 1 is 1.00 bits per heavy atom. The van der Waals surface area contributed by atoms with E-state index in [9.17, 15) is 9.59 Å². The molecule has 0 heterocycles. The fraction of sp³-hybridized carbons (Fsp3) is 0.556. The van der Waals surface area contributed by atoms with Crippen molar-refractivity contribution < 1.29 is 28.9 Å². The van der Waals surface area contributed by atoms with Crippen LogP contribution in [0, 0.1) is 0 Å². The summed E-state index contributed by atoms with van der Waals surface area (Å²) in [5.74, 6) is 0.702. The van der Waals surface area contributed by atoms with E-state index in [4.69, 9.17) is 19.3 Å². The van der Waals surface area contributed by atoms with Gasteiger partial charge in [0, 0.05) is 19.7 Å². The van der Waals surface area contributed by atoms with E-state index in [2.05, 4.69) is 0 Å². The molecule has 7 heteroatoms. The normalized spacial score (nSPS) is 10.2. The van der Waals surface area contributed by atoms with E-state index in [0.717, 1.165) is 5.75 Å². The summed E-state index contributed by atoms with van der Waals surface area (Å²) in [6.07, 6.45) is 0.561. The minimum atomic E-state index is -0.350. The van der Waals surface area contributed by atoms with E-state index >= 15 is 0 Å². The molecule has 0 aliphatic carbocycles. The zero-order valence-corrected chi connectivity index (χ0v) is 14.9. The van der Waals surface area contributed by atoms with Crippen molar-refractivity contribution >= 4 is 11.9 Å². The van der Waals surface area contributed by atoms with Gasteiger partial charge in [0.15, 0.2) is 6.61 Å². The second-order valence-electron chi connectivity index (χ2n) is 5.21. The van der Waals surface area contributed by atoms with Gasteiger partial charge in [-0.25, -0.2) is 0 Å². The van der Waals surface area contributed by atoms with E-state index < -0.39 is 0 Å². The van der Waals surface area contributed by atoms with E-state index in [-0.39, 0.29) is 38.1 Å². The third kappa shape index (κ3) is 8.39. The van der Waals surface area contributed by atoms with Gasteiger partial charge in [0.1, 0.15) is 11.5 Å². The molecule has 1 N–H and O–H groups in total. The number of esters is 1.